The Labute approximate surface area is 369 Å². The van der Waals surface area contributed by atoms with E-state index < -0.39 is 5.41 Å². The van der Waals surface area contributed by atoms with Crippen LogP contribution in [0.2, 0.25) is 0 Å². The molecule has 1 spiro atoms. The summed E-state index contributed by atoms with van der Waals surface area (Å²) in [5, 5.41) is 0. The highest BCUT2D eigenvalue weighted by atomic mass is 15.1. The normalized spacial score (nSPS) is 12.6. The van der Waals surface area contributed by atoms with Crippen LogP contribution < -0.4 is 9.80 Å². The van der Waals surface area contributed by atoms with Crippen molar-refractivity contribution in [3.63, 3.8) is 0 Å². The maximum absolute atomic E-state index is 2.39. The molecule has 0 aliphatic heterocycles. The topological polar surface area (TPSA) is 6.48 Å². The van der Waals surface area contributed by atoms with E-state index in [1.165, 1.54) is 66.8 Å². The number of hydrogen-bond acceptors (Lipinski definition) is 2. The summed E-state index contributed by atoms with van der Waals surface area (Å²) in [6.45, 7) is 0. The van der Waals surface area contributed by atoms with Crippen molar-refractivity contribution in [1.82, 2.24) is 0 Å². The van der Waals surface area contributed by atoms with Crippen LogP contribution in [0.3, 0.4) is 0 Å². The van der Waals surface area contributed by atoms with Crippen LogP contribution in [-0.4, -0.2) is 0 Å². The van der Waals surface area contributed by atoms with Gasteiger partial charge in [-0.15, -0.1) is 0 Å². The lowest BCUT2D eigenvalue weighted by atomic mass is 9.70. The van der Waals surface area contributed by atoms with E-state index in [1.54, 1.807) is 0 Å². The zero-order valence-corrected chi connectivity index (χ0v) is 34.6. The lowest BCUT2D eigenvalue weighted by molar-refractivity contribution is 0.794. The third kappa shape index (κ3) is 5.80. The maximum Gasteiger partial charge on any atom is 0.0725 e. The maximum atomic E-state index is 2.39. The van der Waals surface area contributed by atoms with E-state index in [1.807, 2.05) is 0 Å². The molecule has 0 aromatic heterocycles. The molecule has 0 bridgehead atoms. The Hall–Kier alpha value is -8.20. The minimum Gasteiger partial charge on any atom is -0.310 e. The van der Waals surface area contributed by atoms with Crippen LogP contribution in [0, 0.1) is 0 Å². The molecule has 0 fully saturated rings. The summed E-state index contributed by atoms with van der Waals surface area (Å²) >= 11 is 0. The Morgan fingerprint density at radius 1 is 0.222 bits per heavy atom. The molecule has 0 radical (unpaired) electrons. The van der Waals surface area contributed by atoms with Gasteiger partial charge in [0.1, 0.15) is 0 Å². The van der Waals surface area contributed by atoms with Gasteiger partial charge in [-0.2, -0.15) is 0 Å². The van der Waals surface area contributed by atoms with Gasteiger partial charge in [0.15, 0.2) is 0 Å². The van der Waals surface area contributed by atoms with Gasteiger partial charge < -0.3 is 9.80 Å². The van der Waals surface area contributed by atoms with Crippen LogP contribution in [0.15, 0.2) is 255 Å². The predicted molar refractivity (Wildman–Crippen MR) is 263 cm³/mol. The Balaban J connectivity index is 1.05. The van der Waals surface area contributed by atoms with Gasteiger partial charge in [-0.3, -0.25) is 0 Å². The Morgan fingerprint density at radius 3 is 0.889 bits per heavy atom. The Kier molecular flexibility index (Phi) is 8.76. The SMILES string of the molecule is c1ccc(N(c2ccccc2)c2cccc(-c3cccc4c3-c3ccccc3C43c4ccccc4-c4c(-c5cccc(N(c6ccccc6)c6ccccc6)c5)cccc43)c2)cc1. The minimum atomic E-state index is -0.501. The van der Waals surface area contributed by atoms with Gasteiger partial charge in [0.2, 0.25) is 0 Å². The molecule has 0 amide bonds. The summed E-state index contributed by atoms with van der Waals surface area (Å²) in [6.07, 6.45) is 0. The first kappa shape index (κ1) is 36.6. The molecule has 10 aromatic carbocycles. The fraction of sp³-hybridized carbons (Fsp3) is 0.0164. The highest BCUT2D eigenvalue weighted by Crippen LogP contribution is 2.65. The second-order valence-corrected chi connectivity index (χ2v) is 16.4. The van der Waals surface area contributed by atoms with E-state index in [4.69, 9.17) is 0 Å². The second-order valence-electron chi connectivity index (χ2n) is 16.4. The summed E-state index contributed by atoms with van der Waals surface area (Å²) in [4.78, 5) is 4.70. The standard InChI is InChI=1S/C61H42N2/c1-5-23-45(24-6-1)62(46-25-7-2-8-26-46)49-31-17-21-43(41-49)51-35-19-39-57-59(51)53-33-13-15-37-55(53)61(57)56-38-16-14-34-54(56)60-52(36-20-40-58(60)61)44-22-18-32-50(42-44)63(47-27-9-3-10-28-47)48-29-11-4-12-30-48/h1-42H. The summed E-state index contributed by atoms with van der Waals surface area (Å²) in [7, 11) is 0. The molecule has 2 aliphatic rings. The van der Waals surface area contributed by atoms with Gasteiger partial charge in [0.25, 0.3) is 0 Å². The zero-order valence-electron chi connectivity index (χ0n) is 34.6. The smallest absolute Gasteiger partial charge is 0.0725 e. The monoisotopic (exact) mass is 802 g/mol. The predicted octanol–water partition coefficient (Wildman–Crippen LogP) is 16.3. The number of para-hydroxylation sites is 4. The average molecular weight is 803 g/mol. The Morgan fingerprint density at radius 2 is 0.508 bits per heavy atom. The summed E-state index contributed by atoms with van der Waals surface area (Å²) in [5.74, 6) is 0. The third-order valence-corrected chi connectivity index (χ3v) is 13.0. The molecule has 296 valence electrons. The van der Waals surface area contributed by atoms with Crippen molar-refractivity contribution in [2.75, 3.05) is 9.80 Å². The van der Waals surface area contributed by atoms with Crippen molar-refractivity contribution >= 4 is 34.1 Å². The van der Waals surface area contributed by atoms with Crippen molar-refractivity contribution in [3.8, 4) is 44.5 Å². The van der Waals surface area contributed by atoms with Crippen LogP contribution in [-0.2, 0) is 5.41 Å². The molecular weight excluding hydrogens is 761 g/mol. The van der Waals surface area contributed by atoms with E-state index in [9.17, 15) is 0 Å². The molecule has 0 N–H and O–H groups in total. The number of hydrogen-bond donors (Lipinski definition) is 0. The quantitative estimate of drug-likeness (QED) is 0.151. The molecule has 10 aromatic rings. The van der Waals surface area contributed by atoms with Crippen LogP contribution >= 0.6 is 0 Å². The number of benzene rings is 10. The molecular formula is C61H42N2. The fourth-order valence-electron chi connectivity index (χ4n) is 10.5. The molecule has 0 atom stereocenters. The van der Waals surface area contributed by atoms with Crippen molar-refractivity contribution in [3.05, 3.63) is 277 Å². The van der Waals surface area contributed by atoms with Crippen molar-refractivity contribution < 1.29 is 0 Å². The van der Waals surface area contributed by atoms with Gasteiger partial charge in [-0.1, -0.05) is 182 Å². The van der Waals surface area contributed by atoms with Crippen molar-refractivity contribution in [2.24, 2.45) is 0 Å². The van der Waals surface area contributed by atoms with Gasteiger partial charge in [-0.05, 0) is 140 Å². The summed E-state index contributed by atoms with van der Waals surface area (Å²) in [5.41, 5.74) is 21.5. The minimum absolute atomic E-state index is 0.501. The molecule has 63 heavy (non-hydrogen) atoms. The summed E-state index contributed by atoms with van der Waals surface area (Å²) < 4.78 is 0. The fourth-order valence-corrected chi connectivity index (χ4v) is 10.5. The lowest BCUT2D eigenvalue weighted by Gasteiger charge is -2.31. The van der Waals surface area contributed by atoms with E-state index in [2.05, 4.69) is 265 Å². The molecule has 0 saturated heterocycles. The zero-order chi connectivity index (χ0) is 41.7. The molecule has 2 aliphatic carbocycles. The highest BCUT2D eigenvalue weighted by Gasteiger charge is 2.52. The van der Waals surface area contributed by atoms with Gasteiger partial charge in [-0.25, -0.2) is 0 Å². The molecule has 2 nitrogen and oxygen atoms in total. The molecule has 2 heteroatoms. The van der Waals surface area contributed by atoms with Crippen LogP contribution in [0.5, 0.6) is 0 Å². The molecule has 12 rings (SSSR count). The average Bonchev–Trinajstić information content (AvgIpc) is 3.84. The molecule has 0 heterocycles. The third-order valence-electron chi connectivity index (χ3n) is 13.0. The number of nitrogens with zero attached hydrogens (tertiary/aromatic N) is 2. The number of fused-ring (bicyclic) bond motifs is 10. The molecule has 0 saturated carbocycles. The summed E-state index contributed by atoms with van der Waals surface area (Å²) in [6, 6.07) is 93.0. The first-order valence-corrected chi connectivity index (χ1v) is 21.8. The van der Waals surface area contributed by atoms with Crippen LogP contribution in [0.4, 0.5) is 34.1 Å². The second kappa shape index (κ2) is 15.1. The van der Waals surface area contributed by atoms with Crippen LogP contribution in [0.1, 0.15) is 22.3 Å². The van der Waals surface area contributed by atoms with Gasteiger partial charge in [0, 0.05) is 34.1 Å². The number of anilines is 6. The highest BCUT2D eigenvalue weighted by molar-refractivity contribution is 6.03. The van der Waals surface area contributed by atoms with Crippen molar-refractivity contribution in [2.45, 2.75) is 5.41 Å². The van der Waals surface area contributed by atoms with E-state index >= 15 is 0 Å². The Bertz CT molecular complexity index is 2980. The first-order chi connectivity index (χ1) is 31.3. The largest absolute Gasteiger partial charge is 0.310 e. The lowest BCUT2D eigenvalue weighted by Crippen LogP contribution is -2.25. The molecule has 0 unspecified atom stereocenters. The van der Waals surface area contributed by atoms with E-state index in [0.29, 0.717) is 0 Å². The van der Waals surface area contributed by atoms with E-state index in [0.717, 1.165) is 34.1 Å². The van der Waals surface area contributed by atoms with Gasteiger partial charge in [0.05, 0.1) is 5.41 Å². The van der Waals surface area contributed by atoms with Crippen molar-refractivity contribution in [1.29, 1.82) is 0 Å². The van der Waals surface area contributed by atoms with Crippen LogP contribution in [0.25, 0.3) is 44.5 Å². The first-order valence-electron chi connectivity index (χ1n) is 21.8. The van der Waals surface area contributed by atoms with Gasteiger partial charge >= 0.3 is 0 Å². The number of rotatable bonds is 8. The van der Waals surface area contributed by atoms with E-state index in [-0.39, 0.29) is 0 Å².